The van der Waals surface area contributed by atoms with Gasteiger partial charge in [-0.1, -0.05) is 18.2 Å². The summed E-state index contributed by atoms with van der Waals surface area (Å²) in [7, 11) is 0. The van der Waals surface area contributed by atoms with Gasteiger partial charge in [0.15, 0.2) is 0 Å². The molecule has 0 bridgehead atoms. The van der Waals surface area contributed by atoms with Gasteiger partial charge in [-0.3, -0.25) is 0 Å². The average molecular weight is 229 g/mol. The Bertz CT molecular complexity index is 686. The maximum Gasteiger partial charge on any atom is 0.346 e. The fraction of sp³-hybridized carbons (Fsp3) is 0. The van der Waals surface area contributed by atoms with E-state index in [1.54, 1.807) is 12.3 Å². The van der Waals surface area contributed by atoms with Crippen LogP contribution in [0.5, 0.6) is 0 Å². The van der Waals surface area contributed by atoms with E-state index in [9.17, 15) is 4.79 Å². The number of aromatic nitrogens is 1. The first-order valence-electron chi connectivity index (χ1n) is 4.77. The van der Waals surface area contributed by atoms with Gasteiger partial charge in [0.1, 0.15) is 10.6 Å². The molecule has 78 valence electrons. The number of nitrogens with zero attached hydrogens (tertiary/aromatic N) is 1. The van der Waals surface area contributed by atoms with E-state index in [0.29, 0.717) is 16.2 Å². The average Bonchev–Trinajstić information content (AvgIpc) is 2.81. The van der Waals surface area contributed by atoms with Gasteiger partial charge in [0.05, 0.1) is 5.56 Å². The molecule has 0 atom stereocenters. The largest absolute Gasteiger partial charge is 0.422 e. The fourth-order valence-electron chi connectivity index (χ4n) is 1.57. The Morgan fingerprint density at radius 2 is 2.12 bits per heavy atom. The Labute approximate surface area is 95.0 Å². The van der Waals surface area contributed by atoms with Crippen LogP contribution in [0.2, 0.25) is 0 Å². The van der Waals surface area contributed by atoms with Crippen molar-refractivity contribution in [2.24, 2.45) is 0 Å². The van der Waals surface area contributed by atoms with Crippen molar-refractivity contribution in [3.63, 3.8) is 0 Å². The van der Waals surface area contributed by atoms with Gasteiger partial charge in [0, 0.05) is 17.0 Å². The third kappa shape index (κ3) is 1.44. The molecule has 2 aromatic heterocycles. The highest BCUT2D eigenvalue weighted by atomic mass is 32.1. The van der Waals surface area contributed by atoms with Crippen LogP contribution in [0.4, 0.5) is 0 Å². The highest BCUT2D eigenvalue weighted by molar-refractivity contribution is 7.13. The molecule has 3 nitrogen and oxygen atoms in total. The summed E-state index contributed by atoms with van der Waals surface area (Å²) in [4.78, 5) is 15.8. The Kier molecular flexibility index (Phi) is 2.08. The fourth-order valence-corrected chi connectivity index (χ4v) is 2.21. The molecule has 1 aromatic carbocycles. The molecule has 0 unspecified atom stereocenters. The normalized spacial score (nSPS) is 10.8. The van der Waals surface area contributed by atoms with Crippen molar-refractivity contribution in [1.82, 2.24) is 4.98 Å². The lowest BCUT2D eigenvalue weighted by atomic mass is 10.2. The van der Waals surface area contributed by atoms with E-state index in [1.165, 1.54) is 11.3 Å². The molecule has 4 heteroatoms. The van der Waals surface area contributed by atoms with Gasteiger partial charge in [0.25, 0.3) is 0 Å². The second-order valence-electron chi connectivity index (χ2n) is 3.32. The predicted octanol–water partition coefficient (Wildman–Crippen LogP) is 2.92. The SMILES string of the molecule is O=c1oc2ccccc2cc1-c1nccs1. The van der Waals surface area contributed by atoms with E-state index in [2.05, 4.69) is 4.98 Å². The van der Waals surface area contributed by atoms with Crippen LogP contribution in [0.1, 0.15) is 0 Å². The zero-order valence-electron chi connectivity index (χ0n) is 8.21. The third-order valence-corrected chi connectivity index (χ3v) is 3.11. The zero-order chi connectivity index (χ0) is 11.0. The van der Waals surface area contributed by atoms with Gasteiger partial charge < -0.3 is 4.42 Å². The molecule has 0 radical (unpaired) electrons. The van der Waals surface area contributed by atoms with Gasteiger partial charge in [0.2, 0.25) is 0 Å². The van der Waals surface area contributed by atoms with Crippen molar-refractivity contribution in [2.45, 2.75) is 0 Å². The summed E-state index contributed by atoms with van der Waals surface area (Å²) in [6.07, 6.45) is 1.68. The number of fused-ring (bicyclic) bond motifs is 1. The molecule has 0 saturated heterocycles. The summed E-state index contributed by atoms with van der Waals surface area (Å²) < 4.78 is 5.23. The van der Waals surface area contributed by atoms with Crippen molar-refractivity contribution in [3.8, 4) is 10.6 Å². The molecule has 0 amide bonds. The molecular formula is C12H7NO2S. The quantitative estimate of drug-likeness (QED) is 0.602. The van der Waals surface area contributed by atoms with Gasteiger partial charge in [-0.15, -0.1) is 11.3 Å². The topological polar surface area (TPSA) is 43.1 Å². The molecule has 0 fully saturated rings. The van der Waals surface area contributed by atoms with E-state index >= 15 is 0 Å². The lowest BCUT2D eigenvalue weighted by Crippen LogP contribution is -2.01. The van der Waals surface area contributed by atoms with E-state index < -0.39 is 0 Å². The lowest BCUT2D eigenvalue weighted by molar-refractivity contribution is 0.563. The van der Waals surface area contributed by atoms with Crippen LogP contribution in [-0.2, 0) is 0 Å². The van der Waals surface area contributed by atoms with E-state index in [4.69, 9.17) is 4.42 Å². The van der Waals surface area contributed by atoms with Crippen molar-refractivity contribution in [2.75, 3.05) is 0 Å². The maximum absolute atomic E-state index is 11.7. The van der Waals surface area contributed by atoms with Crippen molar-refractivity contribution < 1.29 is 4.42 Å². The number of para-hydroxylation sites is 1. The summed E-state index contributed by atoms with van der Waals surface area (Å²) >= 11 is 1.43. The summed E-state index contributed by atoms with van der Waals surface area (Å²) in [6.45, 7) is 0. The van der Waals surface area contributed by atoms with E-state index in [-0.39, 0.29) is 5.63 Å². The first-order valence-corrected chi connectivity index (χ1v) is 5.65. The number of rotatable bonds is 1. The standard InChI is InChI=1S/C12H7NO2S/c14-12-9(11-13-5-6-16-11)7-8-3-1-2-4-10(8)15-12/h1-7H. The Morgan fingerprint density at radius 1 is 1.25 bits per heavy atom. The number of benzene rings is 1. The maximum atomic E-state index is 11.7. The van der Waals surface area contributed by atoms with E-state index in [0.717, 1.165) is 5.39 Å². The second kappa shape index (κ2) is 3.57. The molecule has 3 aromatic rings. The Hall–Kier alpha value is -1.94. The molecule has 0 spiro atoms. The summed E-state index contributed by atoms with van der Waals surface area (Å²) in [5, 5.41) is 3.44. The lowest BCUT2D eigenvalue weighted by Gasteiger charge is -1.98. The predicted molar refractivity (Wildman–Crippen MR) is 63.6 cm³/mol. The van der Waals surface area contributed by atoms with E-state index in [1.807, 2.05) is 29.6 Å². The van der Waals surface area contributed by atoms with Crippen LogP contribution in [0, 0.1) is 0 Å². The van der Waals surface area contributed by atoms with Gasteiger partial charge in [-0.25, -0.2) is 9.78 Å². The molecule has 2 heterocycles. The molecule has 3 rings (SSSR count). The number of hydrogen-bond donors (Lipinski definition) is 0. The van der Waals surface area contributed by atoms with Crippen LogP contribution in [-0.4, -0.2) is 4.98 Å². The van der Waals surface area contributed by atoms with Crippen LogP contribution in [0.15, 0.2) is 51.1 Å². The summed E-state index contributed by atoms with van der Waals surface area (Å²) in [5.41, 5.74) is 0.787. The van der Waals surface area contributed by atoms with Crippen LogP contribution >= 0.6 is 11.3 Å². The van der Waals surface area contributed by atoms with Gasteiger partial charge >= 0.3 is 5.63 Å². The number of thiazole rings is 1. The smallest absolute Gasteiger partial charge is 0.346 e. The molecule has 0 aliphatic heterocycles. The van der Waals surface area contributed by atoms with Gasteiger partial charge in [-0.05, 0) is 12.1 Å². The minimum Gasteiger partial charge on any atom is -0.422 e. The minimum absolute atomic E-state index is 0.339. The molecule has 0 aliphatic rings. The van der Waals surface area contributed by atoms with Crippen LogP contribution < -0.4 is 5.63 Å². The van der Waals surface area contributed by atoms with Gasteiger partial charge in [-0.2, -0.15) is 0 Å². The highest BCUT2D eigenvalue weighted by Gasteiger charge is 2.08. The summed E-state index contributed by atoms with van der Waals surface area (Å²) in [5.74, 6) is 0. The molecular weight excluding hydrogens is 222 g/mol. The Balaban J connectivity index is 2.34. The highest BCUT2D eigenvalue weighted by Crippen LogP contribution is 2.22. The second-order valence-corrected chi connectivity index (χ2v) is 4.22. The van der Waals surface area contributed by atoms with Crippen molar-refractivity contribution in [3.05, 3.63) is 52.3 Å². The number of hydrogen-bond acceptors (Lipinski definition) is 4. The molecule has 16 heavy (non-hydrogen) atoms. The van der Waals surface area contributed by atoms with Crippen molar-refractivity contribution in [1.29, 1.82) is 0 Å². The van der Waals surface area contributed by atoms with Crippen LogP contribution in [0.25, 0.3) is 21.5 Å². The molecule has 0 aliphatic carbocycles. The first kappa shape index (κ1) is 9.30. The van der Waals surface area contributed by atoms with Crippen LogP contribution in [0.3, 0.4) is 0 Å². The molecule has 0 saturated carbocycles. The Morgan fingerprint density at radius 3 is 2.94 bits per heavy atom. The molecule has 0 N–H and O–H groups in total. The minimum atomic E-state index is -0.339. The zero-order valence-corrected chi connectivity index (χ0v) is 9.03. The monoisotopic (exact) mass is 229 g/mol. The van der Waals surface area contributed by atoms with Crippen molar-refractivity contribution >= 4 is 22.3 Å². The summed E-state index contributed by atoms with van der Waals surface area (Å²) in [6, 6.07) is 9.26. The third-order valence-electron chi connectivity index (χ3n) is 2.30. The first-order chi connectivity index (χ1) is 7.84.